The molecule has 25 heavy (non-hydrogen) atoms. The molecule has 6 heteroatoms. The number of aromatic nitrogens is 1. The lowest BCUT2D eigenvalue weighted by Gasteiger charge is -2.19. The van der Waals surface area contributed by atoms with Gasteiger partial charge < -0.3 is 0 Å². The maximum absolute atomic E-state index is 12.0. The number of nitriles is 1. The molecule has 3 rings (SSSR count). The summed E-state index contributed by atoms with van der Waals surface area (Å²) in [6.45, 7) is 3.54. The third-order valence-electron chi connectivity index (χ3n) is 4.58. The van der Waals surface area contributed by atoms with Gasteiger partial charge in [0.15, 0.2) is 0 Å². The van der Waals surface area contributed by atoms with Crippen molar-refractivity contribution in [2.75, 3.05) is 5.75 Å². The highest BCUT2D eigenvalue weighted by Crippen LogP contribution is 2.41. The molecule has 1 aromatic carbocycles. The third kappa shape index (κ3) is 4.06. The van der Waals surface area contributed by atoms with Crippen LogP contribution in [0.25, 0.3) is 11.1 Å². The van der Waals surface area contributed by atoms with Crippen molar-refractivity contribution < 1.29 is 8.42 Å². The van der Waals surface area contributed by atoms with Crippen molar-refractivity contribution in [3.63, 3.8) is 0 Å². The van der Waals surface area contributed by atoms with E-state index in [0.29, 0.717) is 11.5 Å². The van der Waals surface area contributed by atoms with E-state index < -0.39 is 10.0 Å². The van der Waals surface area contributed by atoms with E-state index in [2.05, 4.69) is 15.8 Å². The van der Waals surface area contributed by atoms with E-state index in [1.54, 1.807) is 25.4 Å². The Balaban J connectivity index is 1.95. The molecule has 1 N–H and O–H groups in total. The van der Waals surface area contributed by atoms with E-state index in [9.17, 15) is 8.42 Å². The van der Waals surface area contributed by atoms with Crippen LogP contribution in [0.2, 0.25) is 0 Å². The summed E-state index contributed by atoms with van der Waals surface area (Å²) in [4.78, 5) is 4.32. The van der Waals surface area contributed by atoms with E-state index >= 15 is 0 Å². The molecule has 1 aliphatic rings. The summed E-state index contributed by atoms with van der Waals surface area (Å²) in [6.07, 6.45) is 5.55. The largest absolute Gasteiger partial charge is 0.264 e. The van der Waals surface area contributed by atoms with Gasteiger partial charge in [-0.3, -0.25) is 4.98 Å². The van der Waals surface area contributed by atoms with Crippen LogP contribution >= 0.6 is 0 Å². The van der Waals surface area contributed by atoms with Crippen molar-refractivity contribution in [2.24, 2.45) is 5.92 Å². The molecule has 1 saturated carbocycles. The van der Waals surface area contributed by atoms with Crippen LogP contribution in [-0.2, 0) is 10.0 Å². The molecule has 0 radical (unpaired) electrons. The van der Waals surface area contributed by atoms with Gasteiger partial charge in [0, 0.05) is 18.0 Å². The van der Waals surface area contributed by atoms with Crippen LogP contribution in [0.1, 0.15) is 42.5 Å². The van der Waals surface area contributed by atoms with Crippen LogP contribution in [0.3, 0.4) is 0 Å². The molecule has 5 nitrogen and oxygen atoms in total. The summed E-state index contributed by atoms with van der Waals surface area (Å²) in [5, 5.41) is 9.07. The highest BCUT2D eigenvalue weighted by atomic mass is 32.2. The monoisotopic (exact) mass is 355 g/mol. The number of hydrogen-bond donors (Lipinski definition) is 1. The smallest absolute Gasteiger partial charge is 0.211 e. The van der Waals surface area contributed by atoms with Crippen LogP contribution in [0.15, 0.2) is 36.7 Å². The normalized spacial score (nSPS) is 15.6. The van der Waals surface area contributed by atoms with Gasteiger partial charge >= 0.3 is 0 Å². The van der Waals surface area contributed by atoms with Crippen LogP contribution in [0.4, 0.5) is 0 Å². The topological polar surface area (TPSA) is 82.8 Å². The zero-order valence-corrected chi connectivity index (χ0v) is 15.2. The highest BCUT2D eigenvalue weighted by Gasteiger charge is 2.35. The minimum Gasteiger partial charge on any atom is -0.264 e. The Kier molecular flexibility index (Phi) is 4.89. The summed E-state index contributed by atoms with van der Waals surface area (Å²) < 4.78 is 26.9. The van der Waals surface area contributed by atoms with Gasteiger partial charge in [0.25, 0.3) is 0 Å². The molecule has 0 saturated heterocycles. The van der Waals surface area contributed by atoms with Gasteiger partial charge in [-0.05, 0) is 61.4 Å². The van der Waals surface area contributed by atoms with Crippen LogP contribution in [0, 0.1) is 24.2 Å². The lowest BCUT2D eigenvalue weighted by Crippen LogP contribution is -2.31. The second-order valence-corrected chi connectivity index (χ2v) is 8.53. The molecule has 0 unspecified atom stereocenters. The zero-order chi connectivity index (χ0) is 18.0. The first-order valence-corrected chi connectivity index (χ1v) is 10.0. The van der Waals surface area contributed by atoms with Gasteiger partial charge in [0.2, 0.25) is 10.0 Å². The van der Waals surface area contributed by atoms with Crippen molar-refractivity contribution in [2.45, 2.75) is 32.7 Å². The fourth-order valence-corrected chi connectivity index (χ4v) is 3.78. The van der Waals surface area contributed by atoms with E-state index in [1.165, 1.54) is 0 Å². The van der Waals surface area contributed by atoms with Gasteiger partial charge in [-0.1, -0.05) is 12.1 Å². The SMILES string of the molecule is CCS(=O)(=O)N[C@H](c1cncc(-c2ccc(C#N)c(C)c2)c1)C1CC1. The summed E-state index contributed by atoms with van der Waals surface area (Å²) in [5.41, 5.74) is 4.35. The maximum Gasteiger partial charge on any atom is 0.211 e. The highest BCUT2D eigenvalue weighted by molar-refractivity contribution is 7.89. The lowest BCUT2D eigenvalue weighted by molar-refractivity contribution is 0.529. The zero-order valence-electron chi connectivity index (χ0n) is 14.4. The standard InChI is InChI=1S/C19H21N3O2S/c1-3-25(23,24)22-19(14-4-5-14)18-9-17(11-21-12-18)15-6-7-16(10-20)13(2)8-15/h6-9,11-12,14,19,22H,3-5H2,1-2H3/t19-/m0/s1. The first-order valence-electron chi connectivity index (χ1n) is 8.39. The van der Waals surface area contributed by atoms with Crippen LogP contribution in [0.5, 0.6) is 0 Å². The van der Waals surface area contributed by atoms with Crippen molar-refractivity contribution in [3.8, 4) is 17.2 Å². The van der Waals surface area contributed by atoms with Gasteiger partial charge in [-0.15, -0.1) is 0 Å². The van der Waals surface area contributed by atoms with Gasteiger partial charge in [0.05, 0.1) is 23.4 Å². The number of benzene rings is 1. The number of sulfonamides is 1. The Morgan fingerprint density at radius 2 is 2.04 bits per heavy atom. The molecule has 1 fully saturated rings. The fraction of sp³-hybridized carbons (Fsp3) is 0.368. The number of pyridine rings is 1. The Morgan fingerprint density at radius 3 is 2.64 bits per heavy atom. The Hall–Kier alpha value is -2.23. The molecular weight excluding hydrogens is 334 g/mol. The quantitative estimate of drug-likeness (QED) is 0.861. The predicted octanol–water partition coefficient (Wildman–Crippen LogP) is 3.32. The molecule has 0 bridgehead atoms. The van der Waals surface area contributed by atoms with Gasteiger partial charge in [-0.25, -0.2) is 13.1 Å². The molecule has 1 aromatic heterocycles. The maximum atomic E-state index is 12.0. The van der Waals surface area contributed by atoms with Gasteiger partial charge in [0.1, 0.15) is 0 Å². The number of nitrogens with zero attached hydrogens (tertiary/aromatic N) is 2. The second kappa shape index (κ2) is 6.95. The third-order valence-corrected chi connectivity index (χ3v) is 5.95. The summed E-state index contributed by atoms with van der Waals surface area (Å²) >= 11 is 0. The average molecular weight is 355 g/mol. The number of aryl methyl sites for hydroxylation is 1. The van der Waals surface area contributed by atoms with E-state index in [0.717, 1.165) is 35.1 Å². The molecule has 0 aliphatic heterocycles. The van der Waals surface area contributed by atoms with E-state index in [4.69, 9.17) is 5.26 Å². The van der Waals surface area contributed by atoms with Crippen molar-refractivity contribution in [3.05, 3.63) is 53.3 Å². The molecular formula is C19H21N3O2S. The molecule has 1 heterocycles. The van der Waals surface area contributed by atoms with Crippen molar-refractivity contribution in [1.82, 2.24) is 9.71 Å². The Morgan fingerprint density at radius 1 is 1.28 bits per heavy atom. The molecule has 0 spiro atoms. The molecule has 2 aromatic rings. The molecule has 0 amide bonds. The predicted molar refractivity (Wildman–Crippen MR) is 97.2 cm³/mol. The first kappa shape index (κ1) is 17.6. The number of nitrogens with one attached hydrogen (secondary N) is 1. The summed E-state index contributed by atoms with van der Waals surface area (Å²) in [6, 6.07) is 9.60. The van der Waals surface area contributed by atoms with Gasteiger partial charge in [-0.2, -0.15) is 5.26 Å². The number of hydrogen-bond acceptors (Lipinski definition) is 4. The van der Waals surface area contributed by atoms with Crippen LogP contribution < -0.4 is 4.72 Å². The second-order valence-electron chi connectivity index (χ2n) is 6.48. The minimum atomic E-state index is -3.28. The number of rotatable bonds is 6. The molecule has 130 valence electrons. The van der Waals surface area contributed by atoms with Crippen molar-refractivity contribution in [1.29, 1.82) is 5.26 Å². The Bertz CT molecular complexity index is 928. The Labute approximate surface area is 148 Å². The van der Waals surface area contributed by atoms with E-state index in [-0.39, 0.29) is 11.8 Å². The first-order chi connectivity index (χ1) is 11.9. The van der Waals surface area contributed by atoms with E-state index in [1.807, 2.05) is 25.1 Å². The molecule has 1 atom stereocenters. The fourth-order valence-electron chi connectivity index (χ4n) is 2.90. The summed E-state index contributed by atoms with van der Waals surface area (Å²) in [5.74, 6) is 0.402. The summed E-state index contributed by atoms with van der Waals surface area (Å²) in [7, 11) is -3.28. The van der Waals surface area contributed by atoms with Crippen molar-refractivity contribution >= 4 is 10.0 Å². The van der Waals surface area contributed by atoms with Crippen LogP contribution in [-0.4, -0.2) is 19.2 Å². The average Bonchev–Trinajstić information content (AvgIpc) is 3.45. The minimum absolute atomic E-state index is 0.0676. The lowest BCUT2D eigenvalue weighted by atomic mass is 9.98. The molecule has 1 aliphatic carbocycles.